The average molecular weight is 247 g/mol. The maximum atomic E-state index is 10.9. The number of nitrogens with two attached hydrogens (primary N) is 1. The summed E-state index contributed by atoms with van der Waals surface area (Å²) in [5, 5.41) is 8.90. The molecule has 94 valence electrons. The lowest BCUT2D eigenvalue weighted by Crippen LogP contribution is -2.20. The third-order valence-electron chi connectivity index (χ3n) is 2.49. The predicted octanol–water partition coefficient (Wildman–Crippen LogP) is 1.59. The molecule has 0 aliphatic carbocycles. The Bertz CT molecular complexity index is 552. The van der Waals surface area contributed by atoms with Gasteiger partial charge in [-0.15, -0.1) is 0 Å². The van der Waals surface area contributed by atoms with E-state index >= 15 is 0 Å². The quantitative estimate of drug-likeness (QED) is 0.852. The van der Waals surface area contributed by atoms with Crippen molar-refractivity contribution in [3.63, 3.8) is 0 Å². The van der Waals surface area contributed by atoms with Crippen LogP contribution in [-0.2, 0) is 6.54 Å². The number of rotatable bonds is 4. The number of carbonyl (C=O) groups is 1. The Morgan fingerprint density at radius 1 is 1.50 bits per heavy atom. The molecule has 0 aliphatic heterocycles. The van der Waals surface area contributed by atoms with Crippen molar-refractivity contribution in [3.8, 4) is 0 Å². The molecule has 2 aromatic heterocycles. The van der Waals surface area contributed by atoms with Crippen LogP contribution in [0.1, 0.15) is 16.1 Å². The van der Waals surface area contributed by atoms with Crippen LogP contribution in [0.3, 0.4) is 0 Å². The van der Waals surface area contributed by atoms with Gasteiger partial charge in [0.2, 0.25) is 0 Å². The molecular weight excluding hydrogens is 234 g/mol. The number of hydrogen-bond acceptors (Lipinski definition) is 5. The number of anilines is 2. The van der Waals surface area contributed by atoms with Crippen molar-refractivity contribution in [2.24, 2.45) is 0 Å². The van der Waals surface area contributed by atoms with Gasteiger partial charge in [-0.25, -0.2) is 9.78 Å². The summed E-state index contributed by atoms with van der Waals surface area (Å²) in [6.45, 7) is 0.538. The second-order valence-electron chi connectivity index (χ2n) is 3.90. The van der Waals surface area contributed by atoms with Crippen molar-refractivity contribution in [1.29, 1.82) is 0 Å². The Kier molecular flexibility index (Phi) is 3.18. The van der Waals surface area contributed by atoms with Crippen molar-refractivity contribution in [3.05, 3.63) is 42.0 Å². The summed E-state index contributed by atoms with van der Waals surface area (Å²) in [5.74, 6) is -0.635. The fraction of sp³-hybridized carbons (Fsp3) is 0.167. The molecule has 0 fully saturated rings. The van der Waals surface area contributed by atoms with Gasteiger partial charge in [-0.05, 0) is 18.2 Å². The Morgan fingerprint density at radius 2 is 2.28 bits per heavy atom. The van der Waals surface area contributed by atoms with Crippen LogP contribution in [-0.4, -0.2) is 23.1 Å². The molecule has 0 saturated carbocycles. The highest BCUT2D eigenvalue weighted by Gasteiger charge is 2.12. The van der Waals surface area contributed by atoms with E-state index in [4.69, 9.17) is 15.3 Å². The van der Waals surface area contributed by atoms with Gasteiger partial charge in [-0.1, -0.05) is 0 Å². The Labute approximate surface area is 104 Å². The lowest BCUT2D eigenvalue weighted by molar-refractivity contribution is 0.0690. The highest BCUT2D eigenvalue weighted by Crippen LogP contribution is 2.21. The van der Waals surface area contributed by atoms with Crippen LogP contribution in [0.5, 0.6) is 0 Å². The zero-order valence-corrected chi connectivity index (χ0v) is 9.83. The van der Waals surface area contributed by atoms with E-state index in [1.165, 1.54) is 12.1 Å². The van der Waals surface area contributed by atoms with Gasteiger partial charge in [0.15, 0.2) is 11.5 Å². The molecule has 0 aliphatic rings. The van der Waals surface area contributed by atoms with Gasteiger partial charge in [0.05, 0.1) is 18.2 Å². The van der Waals surface area contributed by atoms with Gasteiger partial charge >= 0.3 is 5.97 Å². The van der Waals surface area contributed by atoms with Gasteiger partial charge in [-0.3, -0.25) is 0 Å². The number of pyridine rings is 1. The summed E-state index contributed by atoms with van der Waals surface area (Å²) in [6.07, 6.45) is 3.20. The summed E-state index contributed by atoms with van der Waals surface area (Å²) >= 11 is 0. The molecule has 0 unspecified atom stereocenters. The second kappa shape index (κ2) is 4.79. The van der Waals surface area contributed by atoms with E-state index in [2.05, 4.69) is 4.98 Å². The summed E-state index contributed by atoms with van der Waals surface area (Å²) < 4.78 is 4.97. The van der Waals surface area contributed by atoms with E-state index in [0.29, 0.717) is 18.1 Å². The first kappa shape index (κ1) is 12.0. The molecule has 2 heterocycles. The van der Waals surface area contributed by atoms with Gasteiger partial charge in [-0.2, -0.15) is 0 Å². The number of aromatic nitrogens is 1. The zero-order chi connectivity index (χ0) is 13.1. The molecule has 6 heteroatoms. The summed E-state index contributed by atoms with van der Waals surface area (Å²) in [5.41, 5.74) is 7.16. The molecule has 3 N–H and O–H groups in total. The Hall–Kier alpha value is -2.50. The molecule has 0 bridgehead atoms. The molecule has 0 amide bonds. The van der Waals surface area contributed by atoms with E-state index in [-0.39, 0.29) is 5.69 Å². The summed E-state index contributed by atoms with van der Waals surface area (Å²) in [6, 6.07) is 4.75. The molecule has 2 aromatic rings. The number of nitrogen functional groups attached to an aromatic ring is 1. The van der Waals surface area contributed by atoms with Crippen LogP contribution in [0.15, 0.2) is 35.1 Å². The summed E-state index contributed by atoms with van der Waals surface area (Å²) in [7, 11) is 1.79. The third kappa shape index (κ3) is 2.42. The fourth-order valence-corrected chi connectivity index (χ4v) is 1.62. The van der Waals surface area contributed by atoms with Crippen molar-refractivity contribution in [2.75, 3.05) is 17.7 Å². The van der Waals surface area contributed by atoms with Crippen LogP contribution in [0.25, 0.3) is 0 Å². The molecule has 2 rings (SSSR count). The molecular formula is C12H13N3O3. The maximum absolute atomic E-state index is 10.9. The minimum absolute atomic E-state index is 0.0294. The number of carboxylic acids is 1. The topological polar surface area (TPSA) is 92.6 Å². The number of carboxylic acid groups (broad SMARTS) is 1. The predicted molar refractivity (Wildman–Crippen MR) is 66.4 cm³/mol. The first-order chi connectivity index (χ1) is 8.58. The van der Waals surface area contributed by atoms with Crippen LogP contribution in [0, 0.1) is 0 Å². The van der Waals surface area contributed by atoms with E-state index < -0.39 is 5.97 Å². The monoisotopic (exact) mass is 247 g/mol. The standard InChI is InChI=1S/C12H13N3O3/c1-15(6-8-4-5-18-7-8)11-9(13)2-3-10(14-11)12(16)17/h2-5,7H,6,13H2,1H3,(H,16,17). The van der Waals surface area contributed by atoms with Crippen molar-refractivity contribution in [1.82, 2.24) is 4.98 Å². The first-order valence-electron chi connectivity index (χ1n) is 5.30. The Morgan fingerprint density at radius 3 is 2.89 bits per heavy atom. The van der Waals surface area contributed by atoms with Crippen molar-refractivity contribution >= 4 is 17.5 Å². The fourth-order valence-electron chi connectivity index (χ4n) is 1.62. The Balaban J connectivity index is 2.26. The van der Waals surface area contributed by atoms with E-state index in [1.807, 2.05) is 6.07 Å². The number of furan rings is 1. The van der Waals surface area contributed by atoms with Gasteiger partial charge < -0.3 is 20.2 Å². The molecule has 0 spiro atoms. The van der Waals surface area contributed by atoms with Crippen LogP contribution < -0.4 is 10.6 Å². The maximum Gasteiger partial charge on any atom is 0.354 e. The van der Waals surface area contributed by atoms with Crippen LogP contribution in [0.2, 0.25) is 0 Å². The van der Waals surface area contributed by atoms with Gasteiger partial charge in [0.1, 0.15) is 0 Å². The van der Waals surface area contributed by atoms with Gasteiger partial charge in [0.25, 0.3) is 0 Å². The molecule has 0 saturated heterocycles. The molecule has 6 nitrogen and oxygen atoms in total. The normalized spacial score (nSPS) is 10.3. The zero-order valence-electron chi connectivity index (χ0n) is 9.83. The number of aromatic carboxylic acids is 1. The van der Waals surface area contributed by atoms with Crippen molar-refractivity contribution in [2.45, 2.75) is 6.54 Å². The van der Waals surface area contributed by atoms with E-state index in [0.717, 1.165) is 5.56 Å². The SMILES string of the molecule is CN(Cc1ccoc1)c1nc(C(=O)O)ccc1N. The highest BCUT2D eigenvalue weighted by atomic mass is 16.4. The number of nitrogens with zero attached hydrogens (tertiary/aromatic N) is 2. The van der Waals surface area contributed by atoms with Gasteiger partial charge in [0, 0.05) is 19.2 Å². The minimum Gasteiger partial charge on any atom is -0.477 e. The van der Waals surface area contributed by atoms with Crippen LogP contribution in [0.4, 0.5) is 11.5 Å². The second-order valence-corrected chi connectivity index (χ2v) is 3.90. The number of hydrogen-bond donors (Lipinski definition) is 2. The van der Waals surface area contributed by atoms with Crippen LogP contribution >= 0.6 is 0 Å². The summed E-state index contributed by atoms with van der Waals surface area (Å²) in [4.78, 5) is 16.7. The molecule has 0 atom stereocenters. The molecule has 0 radical (unpaired) electrons. The molecule has 0 aromatic carbocycles. The van der Waals surface area contributed by atoms with Crippen molar-refractivity contribution < 1.29 is 14.3 Å². The average Bonchev–Trinajstić information content (AvgIpc) is 2.81. The largest absolute Gasteiger partial charge is 0.477 e. The lowest BCUT2D eigenvalue weighted by atomic mass is 10.2. The highest BCUT2D eigenvalue weighted by molar-refractivity contribution is 5.86. The smallest absolute Gasteiger partial charge is 0.354 e. The first-order valence-corrected chi connectivity index (χ1v) is 5.30. The minimum atomic E-state index is -1.08. The van der Waals surface area contributed by atoms with E-state index in [1.54, 1.807) is 24.5 Å². The molecule has 18 heavy (non-hydrogen) atoms. The third-order valence-corrected chi connectivity index (χ3v) is 2.49. The van der Waals surface area contributed by atoms with E-state index in [9.17, 15) is 4.79 Å². The lowest BCUT2D eigenvalue weighted by Gasteiger charge is -2.19.